The van der Waals surface area contributed by atoms with Crippen LogP contribution in [-0.2, 0) is 11.3 Å². The molecule has 1 fully saturated rings. The summed E-state index contributed by atoms with van der Waals surface area (Å²) < 4.78 is 10.2. The van der Waals surface area contributed by atoms with Crippen molar-refractivity contribution >= 4 is 29.1 Å². The van der Waals surface area contributed by atoms with E-state index in [9.17, 15) is 10.1 Å². The zero-order valence-electron chi connectivity index (χ0n) is 17.9. The number of carbonyl (C=O) groups excluding carboxylic acids is 1. The van der Waals surface area contributed by atoms with E-state index in [0.717, 1.165) is 48.2 Å². The number of hydrogen-bond acceptors (Lipinski definition) is 10. The Labute approximate surface area is 194 Å². The van der Waals surface area contributed by atoms with Crippen LogP contribution in [0.3, 0.4) is 0 Å². The van der Waals surface area contributed by atoms with Crippen LogP contribution >= 0.6 is 23.1 Å². The number of piperidine rings is 1. The molecule has 4 heterocycles. The number of carbonyl (C=O) groups is 1. The first-order chi connectivity index (χ1) is 15.6. The van der Waals surface area contributed by atoms with Crippen molar-refractivity contribution < 1.29 is 14.1 Å². The number of aromatic nitrogens is 3. The molecule has 0 aliphatic carbocycles. The molecule has 4 rings (SSSR count). The molecule has 8 nitrogen and oxygen atoms in total. The van der Waals surface area contributed by atoms with E-state index in [-0.39, 0.29) is 5.69 Å². The fraction of sp³-hybridized carbons (Fsp3) is 0.409. The van der Waals surface area contributed by atoms with Crippen LogP contribution in [0.4, 0.5) is 0 Å². The molecule has 166 valence electrons. The SMILES string of the molecule is CCOC(=O)c1cc(-c2csc(C3CCN(Cc4ccc(C#N)c(SC)n4)CC3)n2)on1. The Morgan fingerprint density at radius 1 is 1.38 bits per heavy atom. The summed E-state index contributed by atoms with van der Waals surface area (Å²) in [6.45, 7) is 4.75. The normalized spacial score (nSPS) is 14.9. The van der Waals surface area contributed by atoms with E-state index in [2.05, 4.69) is 21.1 Å². The van der Waals surface area contributed by atoms with Crippen LogP contribution in [0, 0.1) is 11.3 Å². The maximum absolute atomic E-state index is 11.8. The van der Waals surface area contributed by atoms with Crippen LogP contribution in [0.1, 0.15) is 52.4 Å². The summed E-state index contributed by atoms with van der Waals surface area (Å²) in [5.74, 6) is 0.379. The molecular formula is C22H23N5O3S2. The molecule has 10 heteroatoms. The average molecular weight is 470 g/mol. The summed E-state index contributed by atoms with van der Waals surface area (Å²) in [6, 6.07) is 7.57. The Bertz CT molecular complexity index is 1130. The number of likely N-dealkylation sites (tertiary alicyclic amines) is 1. The lowest BCUT2D eigenvalue weighted by molar-refractivity contribution is 0.0514. The standard InChI is InChI=1S/C22H23N5O3S2/c1-3-29-22(28)17-10-19(30-26-17)18-13-32-21(25-18)14-6-8-27(9-7-14)12-16-5-4-15(11-23)20(24-16)31-2/h4-5,10,13-14H,3,6-9,12H2,1-2H3. The van der Waals surface area contributed by atoms with Crippen molar-refractivity contribution in [3.05, 3.63) is 45.5 Å². The van der Waals surface area contributed by atoms with E-state index in [1.165, 1.54) is 11.8 Å². The maximum Gasteiger partial charge on any atom is 0.360 e. The second kappa shape index (κ2) is 10.3. The second-order valence-electron chi connectivity index (χ2n) is 7.39. The maximum atomic E-state index is 11.8. The summed E-state index contributed by atoms with van der Waals surface area (Å²) in [5, 5.41) is 16.8. The molecule has 0 unspecified atom stereocenters. The highest BCUT2D eigenvalue weighted by Gasteiger charge is 2.25. The highest BCUT2D eigenvalue weighted by atomic mass is 32.2. The molecule has 0 atom stereocenters. The fourth-order valence-electron chi connectivity index (χ4n) is 3.66. The minimum absolute atomic E-state index is 0.158. The van der Waals surface area contributed by atoms with Crippen LogP contribution in [-0.4, -0.2) is 51.9 Å². The summed E-state index contributed by atoms with van der Waals surface area (Å²) in [7, 11) is 0. The van der Waals surface area contributed by atoms with Crippen molar-refractivity contribution in [1.82, 2.24) is 20.0 Å². The van der Waals surface area contributed by atoms with E-state index >= 15 is 0 Å². The summed E-state index contributed by atoms with van der Waals surface area (Å²) >= 11 is 3.12. The van der Waals surface area contributed by atoms with Gasteiger partial charge in [0.1, 0.15) is 16.8 Å². The summed E-state index contributed by atoms with van der Waals surface area (Å²) in [4.78, 5) is 23.6. The Balaban J connectivity index is 1.35. The number of rotatable bonds is 7. The quantitative estimate of drug-likeness (QED) is 0.369. The van der Waals surface area contributed by atoms with Crippen LogP contribution in [0.2, 0.25) is 0 Å². The van der Waals surface area contributed by atoms with Crippen molar-refractivity contribution in [2.45, 2.75) is 37.3 Å². The largest absolute Gasteiger partial charge is 0.461 e. The highest BCUT2D eigenvalue weighted by Crippen LogP contribution is 2.33. The van der Waals surface area contributed by atoms with E-state index in [0.29, 0.717) is 29.5 Å². The number of thiazole rings is 1. The van der Waals surface area contributed by atoms with Gasteiger partial charge in [-0.3, -0.25) is 4.90 Å². The molecule has 0 N–H and O–H groups in total. The van der Waals surface area contributed by atoms with E-state index in [1.54, 1.807) is 24.3 Å². The molecule has 1 aliphatic heterocycles. The van der Waals surface area contributed by atoms with E-state index in [1.807, 2.05) is 23.8 Å². The molecule has 0 bridgehead atoms. The Kier molecular flexibility index (Phi) is 7.19. The number of pyridine rings is 1. The molecule has 3 aromatic rings. The van der Waals surface area contributed by atoms with E-state index in [4.69, 9.17) is 14.2 Å². The third kappa shape index (κ3) is 5.01. The molecule has 32 heavy (non-hydrogen) atoms. The van der Waals surface area contributed by atoms with Crippen LogP contribution in [0.25, 0.3) is 11.5 Å². The first-order valence-electron chi connectivity index (χ1n) is 10.4. The van der Waals surface area contributed by atoms with Gasteiger partial charge in [0.25, 0.3) is 0 Å². The van der Waals surface area contributed by atoms with Crippen LogP contribution in [0.15, 0.2) is 33.1 Å². The number of ether oxygens (including phenoxy) is 1. The molecule has 0 amide bonds. The van der Waals surface area contributed by atoms with Gasteiger partial charge in [-0.25, -0.2) is 14.8 Å². The van der Waals surface area contributed by atoms with Gasteiger partial charge in [0.2, 0.25) is 0 Å². The lowest BCUT2D eigenvalue weighted by Crippen LogP contribution is -2.32. The Morgan fingerprint density at radius 2 is 2.19 bits per heavy atom. The lowest BCUT2D eigenvalue weighted by atomic mass is 9.97. The van der Waals surface area contributed by atoms with Gasteiger partial charge in [-0.2, -0.15) is 5.26 Å². The molecule has 1 saturated heterocycles. The molecule has 3 aromatic heterocycles. The number of nitriles is 1. The minimum Gasteiger partial charge on any atom is -0.461 e. The zero-order valence-corrected chi connectivity index (χ0v) is 19.5. The lowest BCUT2D eigenvalue weighted by Gasteiger charge is -2.30. The van der Waals surface area contributed by atoms with Gasteiger partial charge in [-0.15, -0.1) is 23.1 Å². The van der Waals surface area contributed by atoms with Gasteiger partial charge in [-0.05, 0) is 51.2 Å². The molecule has 0 aromatic carbocycles. The zero-order chi connectivity index (χ0) is 22.5. The molecule has 0 spiro atoms. The summed E-state index contributed by atoms with van der Waals surface area (Å²) in [5.41, 5.74) is 2.47. The first kappa shape index (κ1) is 22.5. The second-order valence-corrected chi connectivity index (χ2v) is 9.07. The molecular weight excluding hydrogens is 446 g/mol. The van der Waals surface area contributed by atoms with Gasteiger partial charge in [0, 0.05) is 23.9 Å². The van der Waals surface area contributed by atoms with Crippen molar-refractivity contribution in [3.8, 4) is 17.5 Å². The van der Waals surface area contributed by atoms with Gasteiger partial charge >= 0.3 is 5.97 Å². The third-order valence-corrected chi connectivity index (χ3v) is 7.03. The third-order valence-electron chi connectivity index (χ3n) is 5.32. The van der Waals surface area contributed by atoms with Gasteiger partial charge in [0.15, 0.2) is 11.5 Å². The topological polar surface area (TPSA) is 105 Å². The van der Waals surface area contributed by atoms with Crippen molar-refractivity contribution in [3.63, 3.8) is 0 Å². The predicted molar refractivity (Wildman–Crippen MR) is 122 cm³/mol. The van der Waals surface area contributed by atoms with E-state index < -0.39 is 5.97 Å². The number of thioether (sulfide) groups is 1. The molecule has 1 aliphatic rings. The summed E-state index contributed by atoms with van der Waals surface area (Å²) in [6.07, 6.45) is 3.98. The van der Waals surface area contributed by atoms with Crippen LogP contribution < -0.4 is 0 Å². The Morgan fingerprint density at radius 3 is 2.91 bits per heavy atom. The highest BCUT2D eigenvalue weighted by molar-refractivity contribution is 7.98. The Hall–Kier alpha value is -2.74. The van der Waals surface area contributed by atoms with Crippen molar-refractivity contribution in [1.29, 1.82) is 5.26 Å². The van der Waals surface area contributed by atoms with Gasteiger partial charge in [0.05, 0.1) is 22.9 Å². The smallest absolute Gasteiger partial charge is 0.360 e. The number of nitrogens with zero attached hydrogens (tertiary/aromatic N) is 5. The minimum atomic E-state index is -0.494. The van der Waals surface area contributed by atoms with Crippen molar-refractivity contribution in [2.24, 2.45) is 0 Å². The van der Waals surface area contributed by atoms with Gasteiger partial charge < -0.3 is 9.26 Å². The van der Waals surface area contributed by atoms with Crippen LogP contribution in [0.5, 0.6) is 0 Å². The first-order valence-corrected chi connectivity index (χ1v) is 12.5. The number of esters is 1. The molecule has 0 radical (unpaired) electrons. The number of hydrogen-bond donors (Lipinski definition) is 0. The monoisotopic (exact) mass is 469 g/mol. The predicted octanol–water partition coefficient (Wildman–Crippen LogP) is 4.34. The molecule has 0 saturated carbocycles. The fourth-order valence-corrected chi connectivity index (χ4v) is 5.18. The average Bonchev–Trinajstić information content (AvgIpc) is 3.50. The van der Waals surface area contributed by atoms with Crippen molar-refractivity contribution in [2.75, 3.05) is 26.0 Å². The van der Waals surface area contributed by atoms with Gasteiger partial charge in [-0.1, -0.05) is 5.16 Å².